The average molecular weight is 452 g/mol. The van der Waals surface area contributed by atoms with Crippen LogP contribution in [0.1, 0.15) is 64.1 Å². The Kier molecular flexibility index (Phi) is 8.14. The number of hydrogen-bond donors (Lipinski definition) is 1. The standard InChI is InChI=1S/C27H37N3O3/c1-6-18-29(20(4)21-14-10-9-11-15-21)26(32)30-24(31)27(7-2,8-3)25(30)33-23-17-13-12-16-22(23)19-28-5/h9-17,20,25,28H,6-8,18-19H2,1-5H3/t20-,25+/m1/s1. The lowest BCUT2D eigenvalue weighted by Crippen LogP contribution is -2.74. The van der Waals surface area contributed by atoms with Crippen LogP contribution in [-0.4, -0.2) is 41.6 Å². The van der Waals surface area contributed by atoms with Crippen LogP contribution >= 0.6 is 0 Å². The molecule has 0 saturated carbocycles. The number of urea groups is 1. The average Bonchev–Trinajstić information content (AvgIpc) is 2.84. The lowest BCUT2D eigenvalue weighted by atomic mass is 9.72. The molecular weight excluding hydrogens is 414 g/mol. The van der Waals surface area contributed by atoms with Crippen molar-refractivity contribution in [1.29, 1.82) is 0 Å². The molecule has 1 heterocycles. The van der Waals surface area contributed by atoms with E-state index in [0.717, 1.165) is 17.5 Å². The number of carbonyl (C=O) groups excluding carboxylic acids is 2. The highest BCUT2D eigenvalue weighted by atomic mass is 16.5. The highest BCUT2D eigenvalue weighted by molar-refractivity contribution is 6.03. The molecule has 2 aromatic carbocycles. The number of amides is 3. The third kappa shape index (κ3) is 4.62. The second-order valence-corrected chi connectivity index (χ2v) is 8.71. The van der Waals surface area contributed by atoms with Crippen molar-refractivity contribution in [3.05, 3.63) is 65.7 Å². The molecule has 0 unspecified atom stereocenters. The maximum Gasteiger partial charge on any atom is 0.330 e. The molecule has 1 saturated heterocycles. The number of nitrogens with one attached hydrogen (secondary N) is 1. The van der Waals surface area contributed by atoms with E-state index < -0.39 is 11.6 Å². The van der Waals surface area contributed by atoms with Gasteiger partial charge < -0.3 is 15.0 Å². The molecule has 2 aromatic rings. The molecule has 33 heavy (non-hydrogen) atoms. The van der Waals surface area contributed by atoms with Crippen molar-refractivity contribution in [2.24, 2.45) is 5.41 Å². The summed E-state index contributed by atoms with van der Waals surface area (Å²) in [4.78, 5) is 30.4. The van der Waals surface area contributed by atoms with Gasteiger partial charge >= 0.3 is 6.03 Å². The SMILES string of the molecule is CCCN(C(=O)N1C(=O)C(CC)(CC)[C@@H]1Oc1ccccc1CNC)[C@H](C)c1ccccc1. The van der Waals surface area contributed by atoms with Crippen LogP contribution in [0.2, 0.25) is 0 Å². The second-order valence-electron chi connectivity index (χ2n) is 8.71. The summed E-state index contributed by atoms with van der Waals surface area (Å²) in [5, 5.41) is 3.16. The molecule has 1 fully saturated rings. The van der Waals surface area contributed by atoms with Gasteiger partial charge in [-0.2, -0.15) is 0 Å². The Morgan fingerprint density at radius 1 is 1.09 bits per heavy atom. The van der Waals surface area contributed by atoms with Gasteiger partial charge in [-0.1, -0.05) is 69.3 Å². The third-order valence-corrected chi connectivity index (χ3v) is 6.86. The van der Waals surface area contributed by atoms with Gasteiger partial charge in [-0.3, -0.25) is 4.79 Å². The minimum Gasteiger partial charge on any atom is -0.468 e. The zero-order valence-corrected chi connectivity index (χ0v) is 20.5. The molecule has 1 N–H and O–H groups in total. The van der Waals surface area contributed by atoms with Crippen molar-refractivity contribution < 1.29 is 14.3 Å². The number of carbonyl (C=O) groups is 2. The van der Waals surface area contributed by atoms with Gasteiger partial charge in [0.2, 0.25) is 5.91 Å². The number of rotatable bonds is 10. The maximum absolute atomic E-state index is 13.8. The molecule has 1 aliphatic rings. The Balaban J connectivity index is 1.95. The Hall–Kier alpha value is -2.86. The van der Waals surface area contributed by atoms with Gasteiger partial charge in [-0.05, 0) is 44.9 Å². The smallest absolute Gasteiger partial charge is 0.330 e. The molecule has 6 heteroatoms. The van der Waals surface area contributed by atoms with Crippen molar-refractivity contribution in [3.8, 4) is 5.75 Å². The number of likely N-dealkylation sites (tertiary alicyclic amines) is 1. The molecule has 178 valence electrons. The minimum atomic E-state index is -0.698. The summed E-state index contributed by atoms with van der Waals surface area (Å²) in [5.74, 6) is 0.557. The monoisotopic (exact) mass is 451 g/mol. The van der Waals surface area contributed by atoms with Crippen LogP contribution in [0.25, 0.3) is 0 Å². The van der Waals surface area contributed by atoms with E-state index in [2.05, 4.69) is 5.32 Å². The van der Waals surface area contributed by atoms with Crippen LogP contribution < -0.4 is 10.1 Å². The number of hydrogen-bond acceptors (Lipinski definition) is 4. The fraction of sp³-hybridized carbons (Fsp3) is 0.481. The molecule has 0 bridgehead atoms. The molecule has 0 aromatic heterocycles. The molecule has 6 nitrogen and oxygen atoms in total. The number of nitrogens with zero attached hydrogens (tertiary/aromatic N) is 2. The van der Waals surface area contributed by atoms with Gasteiger partial charge in [0.25, 0.3) is 0 Å². The first kappa shape index (κ1) is 24.8. The van der Waals surface area contributed by atoms with Crippen LogP contribution in [0.3, 0.4) is 0 Å². The fourth-order valence-corrected chi connectivity index (χ4v) is 4.71. The van der Waals surface area contributed by atoms with Gasteiger partial charge in [0, 0.05) is 18.7 Å². The topological polar surface area (TPSA) is 61.9 Å². The van der Waals surface area contributed by atoms with Crippen LogP contribution in [-0.2, 0) is 11.3 Å². The van der Waals surface area contributed by atoms with Gasteiger partial charge in [0.05, 0.1) is 6.04 Å². The Morgan fingerprint density at radius 3 is 2.33 bits per heavy atom. The Morgan fingerprint density at radius 2 is 1.73 bits per heavy atom. The number of ether oxygens (including phenoxy) is 1. The molecular formula is C27H37N3O3. The van der Waals surface area contributed by atoms with E-state index in [4.69, 9.17) is 4.74 Å². The summed E-state index contributed by atoms with van der Waals surface area (Å²) >= 11 is 0. The number of β-lactam (4-membered cyclic amide) rings is 1. The highest BCUT2D eigenvalue weighted by Gasteiger charge is 2.63. The predicted octanol–water partition coefficient (Wildman–Crippen LogP) is 5.35. The molecule has 1 aliphatic heterocycles. The van der Waals surface area contributed by atoms with Crippen molar-refractivity contribution in [1.82, 2.24) is 15.1 Å². The molecule has 0 aliphatic carbocycles. The van der Waals surface area contributed by atoms with Crippen LogP contribution in [0.4, 0.5) is 4.79 Å². The lowest BCUT2D eigenvalue weighted by Gasteiger charge is -2.54. The normalized spacial score (nSPS) is 17.9. The van der Waals surface area contributed by atoms with Crippen LogP contribution in [0.5, 0.6) is 5.75 Å². The molecule has 3 amide bonds. The molecule has 0 spiro atoms. The first-order valence-corrected chi connectivity index (χ1v) is 12.0. The first-order valence-electron chi connectivity index (χ1n) is 12.0. The number of benzene rings is 2. The summed E-state index contributed by atoms with van der Waals surface area (Å²) < 4.78 is 6.47. The Bertz CT molecular complexity index is 943. The summed E-state index contributed by atoms with van der Waals surface area (Å²) in [7, 11) is 1.88. The summed E-state index contributed by atoms with van der Waals surface area (Å²) in [6, 6.07) is 17.3. The van der Waals surface area contributed by atoms with E-state index in [1.807, 2.05) is 89.3 Å². The Labute approximate surface area is 197 Å². The van der Waals surface area contributed by atoms with Gasteiger partial charge in [0.15, 0.2) is 6.23 Å². The molecule has 3 rings (SSSR count). The second kappa shape index (κ2) is 10.8. The predicted molar refractivity (Wildman–Crippen MR) is 131 cm³/mol. The quantitative estimate of drug-likeness (QED) is 0.495. The first-order chi connectivity index (χ1) is 15.9. The van der Waals surface area contributed by atoms with E-state index in [9.17, 15) is 9.59 Å². The van der Waals surface area contributed by atoms with Crippen LogP contribution in [0, 0.1) is 5.41 Å². The largest absolute Gasteiger partial charge is 0.468 e. The lowest BCUT2D eigenvalue weighted by molar-refractivity contribution is -0.192. The number of para-hydroxylation sites is 1. The van der Waals surface area contributed by atoms with Crippen molar-refractivity contribution >= 4 is 11.9 Å². The fourth-order valence-electron chi connectivity index (χ4n) is 4.71. The number of imide groups is 1. The zero-order chi connectivity index (χ0) is 24.0. The van der Waals surface area contributed by atoms with Gasteiger partial charge in [-0.15, -0.1) is 0 Å². The van der Waals surface area contributed by atoms with E-state index >= 15 is 0 Å². The zero-order valence-electron chi connectivity index (χ0n) is 20.5. The van der Waals surface area contributed by atoms with E-state index in [0.29, 0.717) is 31.7 Å². The third-order valence-electron chi connectivity index (χ3n) is 6.86. The summed E-state index contributed by atoms with van der Waals surface area (Å²) in [6.07, 6.45) is 1.40. The van der Waals surface area contributed by atoms with E-state index in [1.165, 1.54) is 4.90 Å². The highest BCUT2D eigenvalue weighted by Crippen LogP contribution is 2.47. The molecule has 0 radical (unpaired) electrons. The maximum atomic E-state index is 13.8. The minimum absolute atomic E-state index is 0.144. The summed E-state index contributed by atoms with van der Waals surface area (Å²) in [6.45, 7) is 9.25. The van der Waals surface area contributed by atoms with Gasteiger partial charge in [0.1, 0.15) is 11.2 Å². The van der Waals surface area contributed by atoms with Crippen molar-refractivity contribution in [3.63, 3.8) is 0 Å². The van der Waals surface area contributed by atoms with Crippen molar-refractivity contribution in [2.45, 2.75) is 65.8 Å². The molecule has 2 atom stereocenters. The van der Waals surface area contributed by atoms with Crippen LogP contribution in [0.15, 0.2) is 54.6 Å². The van der Waals surface area contributed by atoms with E-state index in [1.54, 1.807) is 4.90 Å². The van der Waals surface area contributed by atoms with Gasteiger partial charge in [-0.25, -0.2) is 9.69 Å². The summed E-state index contributed by atoms with van der Waals surface area (Å²) in [5.41, 5.74) is 1.34. The van der Waals surface area contributed by atoms with E-state index in [-0.39, 0.29) is 18.0 Å². The van der Waals surface area contributed by atoms with Crippen molar-refractivity contribution in [2.75, 3.05) is 13.6 Å².